The van der Waals surface area contributed by atoms with E-state index in [-0.39, 0.29) is 6.71 Å². The van der Waals surface area contributed by atoms with Gasteiger partial charge in [0.25, 0.3) is 6.71 Å². The summed E-state index contributed by atoms with van der Waals surface area (Å²) in [5.41, 5.74) is 30.1. The fraction of sp³-hybridized carbons (Fsp3) is 0. The van der Waals surface area contributed by atoms with Gasteiger partial charge in [0.15, 0.2) is 0 Å². The molecule has 15 aromatic rings. The molecule has 2 aliphatic rings. The summed E-state index contributed by atoms with van der Waals surface area (Å²) in [6, 6.07) is 126. The van der Waals surface area contributed by atoms with Crippen molar-refractivity contribution in [1.29, 1.82) is 0 Å². The molecule has 3 nitrogen and oxygen atoms in total. The first-order valence-electron chi connectivity index (χ1n) is 30.4. The first-order valence-corrected chi connectivity index (χ1v) is 30.4. The van der Waals surface area contributed by atoms with Crippen molar-refractivity contribution in [3.63, 3.8) is 0 Å². The van der Waals surface area contributed by atoms with Gasteiger partial charge in [-0.15, -0.1) is 0 Å². The lowest BCUT2D eigenvalue weighted by molar-refractivity contribution is 1.18. The largest absolute Gasteiger partial charge is 0.311 e. The van der Waals surface area contributed by atoms with Crippen molar-refractivity contribution >= 4 is 79.0 Å². The van der Waals surface area contributed by atoms with Crippen LogP contribution >= 0.6 is 0 Å². The van der Waals surface area contributed by atoms with Crippen molar-refractivity contribution in [2.24, 2.45) is 0 Å². The number of hydrogen-bond donors (Lipinski definition) is 0. The van der Waals surface area contributed by atoms with E-state index in [1.807, 2.05) is 0 Å². The summed E-state index contributed by atoms with van der Waals surface area (Å²) in [7, 11) is 0. The first-order chi connectivity index (χ1) is 43.6. The van der Waals surface area contributed by atoms with Gasteiger partial charge in [-0.2, -0.15) is 0 Å². The molecule has 0 saturated carbocycles. The molecule has 0 bridgehead atoms. The van der Waals surface area contributed by atoms with Crippen LogP contribution in [0.4, 0.5) is 34.1 Å². The van der Waals surface area contributed by atoms with Crippen LogP contribution in [0.15, 0.2) is 340 Å². The van der Waals surface area contributed by atoms with Gasteiger partial charge in [-0.1, -0.05) is 261 Å². The van der Waals surface area contributed by atoms with E-state index in [4.69, 9.17) is 0 Å². The summed E-state index contributed by atoms with van der Waals surface area (Å²) in [6.45, 7) is -0.188. The van der Waals surface area contributed by atoms with E-state index in [0.717, 1.165) is 95.4 Å². The average Bonchev–Trinajstić information content (AvgIpc) is 0.799. The molecule has 0 fully saturated rings. The maximum absolute atomic E-state index is 2.61. The molecule has 410 valence electrons. The SMILES string of the molecule is c1ccc(-c2cc(-c3ccccc3)cc(N3c4ccc(-c5ccccc5)cc4B4c5cc(-c6ccccc6)ccc5N(c5cc(-c6ccccc6)cc(-c6ccccc6)c5)c5cc(-c6cccc7c8ccccc8n(-c8ccccc8)c67)cc3c54)c2)cc1. The van der Waals surface area contributed by atoms with Gasteiger partial charge in [-0.25, -0.2) is 0 Å². The molecule has 0 amide bonds. The van der Waals surface area contributed by atoms with Crippen LogP contribution in [0.2, 0.25) is 0 Å². The smallest absolute Gasteiger partial charge is 0.252 e. The Balaban J connectivity index is 1.04. The standard InChI is InChI=1S/C84H56BN3/c1-8-25-57(26-9-1)63-43-45-79-76(53-63)85-77-54-64(58-27-10-2-11-28-58)44-46-80(77)87(72-51-67(61-33-16-5-17-34-61)48-68(52-72)62-35-18-6-19-36-62)82-56-69(73-40-24-41-75-74-39-22-23-42-78(74)88(84(73)75)70-37-20-7-21-38-70)55-81(83(82)85)86(79)71-49-65(59-29-12-3-13-30-59)47-66(50-71)60-31-14-4-15-32-60/h1-56H. The third kappa shape index (κ3) is 8.68. The van der Waals surface area contributed by atoms with Gasteiger partial charge in [-0.3, -0.25) is 0 Å². The summed E-state index contributed by atoms with van der Waals surface area (Å²) in [5.74, 6) is 0. The predicted octanol–water partition coefficient (Wildman–Crippen LogP) is 20.5. The zero-order valence-corrected chi connectivity index (χ0v) is 48.3. The highest BCUT2D eigenvalue weighted by Gasteiger charge is 2.44. The molecular weight excluding hydrogens is 1060 g/mol. The van der Waals surface area contributed by atoms with Gasteiger partial charge < -0.3 is 14.4 Å². The predicted molar refractivity (Wildman–Crippen MR) is 373 cm³/mol. The molecule has 0 radical (unpaired) electrons. The monoisotopic (exact) mass is 1120 g/mol. The Morgan fingerprint density at radius 3 is 1.00 bits per heavy atom. The number of hydrogen-bond acceptors (Lipinski definition) is 2. The highest BCUT2D eigenvalue weighted by molar-refractivity contribution is 7.00. The lowest BCUT2D eigenvalue weighted by atomic mass is 9.33. The van der Waals surface area contributed by atoms with Crippen LogP contribution in [-0.2, 0) is 0 Å². The van der Waals surface area contributed by atoms with Crippen LogP contribution < -0.4 is 26.2 Å². The fourth-order valence-corrected chi connectivity index (χ4v) is 14.1. The molecule has 17 rings (SSSR count). The maximum atomic E-state index is 2.61. The minimum atomic E-state index is -0.188. The second-order valence-electron chi connectivity index (χ2n) is 23.2. The van der Waals surface area contributed by atoms with Gasteiger partial charge in [0, 0.05) is 56.1 Å². The zero-order chi connectivity index (χ0) is 58.1. The van der Waals surface area contributed by atoms with E-state index in [9.17, 15) is 0 Å². The molecule has 4 heteroatoms. The van der Waals surface area contributed by atoms with Crippen LogP contribution in [0.3, 0.4) is 0 Å². The number of fused-ring (bicyclic) bond motifs is 7. The second kappa shape index (κ2) is 21.3. The number of anilines is 6. The van der Waals surface area contributed by atoms with Gasteiger partial charge in [0.2, 0.25) is 0 Å². The summed E-state index contributed by atoms with van der Waals surface area (Å²) >= 11 is 0. The van der Waals surface area contributed by atoms with E-state index in [1.165, 1.54) is 60.4 Å². The Kier molecular flexibility index (Phi) is 12.3. The normalized spacial score (nSPS) is 12.2. The Morgan fingerprint density at radius 1 is 0.216 bits per heavy atom. The van der Waals surface area contributed by atoms with Gasteiger partial charge in [0.1, 0.15) is 0 Å². The van der Waals surface area contributed by atoms with Crippen LogP contribution in [0.25, 0.3) is 105 Å². The molecule has 0 aliphatic carbocycles. The highest BCUT2D eigenvalue weighted by Crippen LogP contribution is 2.50. The van der Waals surface area contributed by atoms with Crippen molar-refractivity contribution in [2.45, 2.75) is 0 Å². The molecule has 1 aromatic heterocycles. The molecule has 0 N–H and O–H groups in total. The molecule has 88 heavy (non-hydrogen) atoms. The topological polar surface area (TPSA) is 11.4 Å². The summed E-state index contributed by atoms with van der Waals surface area (Å²) < 4.78 is 2.48. The Bertz CT molecular complexity index is 4770. The van der Waals surface area contributed by atoms with Crippen LogP contribution in [0.5, 0.6) is 0 Å². The van der Waals surface area contributed by atoms with Gasteiger partial charge >= 0.3 is 0 Å². The molecule has 0 unspecified atom stereocenters. The van der Waals surface area contributed by atoms with Crippen molar-refractivity contribution < 1.29 is 0 Å². The van der Waals surface area contributed by atoms with Crippen molar-refractivity contribution in [3.8, 4) is 83.6 Å². The Hall–Kier alpha value is -11.5. The van der Waals surface area contributed by atoms with E-state index in [0.29, 0.717) is 0 Å². The minimum absolute atomic E-state index is 0.188. The zero-order valence-electron chi connectivity index (χ0n) is 48.3. The number of benzene rings is 14. The quantitative estimate of drug-likeness (QED) is 0.126. The fourth-order valence-electron chi connectivity index (χ4n) is 14.1. The van der Waals surface area contributed by atoms with Crippen LogP contribution in [-0.4, -0.2) is 11.3 Å². The van der Waals surface area contributed by atoms with Crippen molar-refractivity contribution in [2.75, 3.05) is 9.80 Å². The van der Waals surface area contributed by atoms with Gasteiger partial charge in [-0.05, 0) is 168 Å². The lowest BCUT2D eigenvalue weighted by Crippen LogP contribution is -2.61. The molecule has 0 spiro atoms. The van der Waals surface area contributed by atoms with E-state index < -0.39 is 0 Å². The number of para-hydroxylation sites is 3. The summed E-state index contributed by atoms with van der Waals surface area (Å²) in [6.07, 6.45) is 0. The van der Waals surface area contributed by atoms with Crippen LogP contribution in [0.1, 0.15) is 0 Å². The molecule has 0 saturated heterocycles. The van der Waals surface area contributed by atoms with E-state index >= 15 is 0 Å². The third-order valence-electron chi connectivity index (χ3n) is 18.1. The maximum Gasteiger partial charge on any atom is 0.252 e. The lowest BCUT2D eigenvalue weighted by Gasteiger charge is -2.45. The average molecular weight is 1120 g/mol. The van der Waals surface area contributed by atoms with Crippen LogP contribution in [0, 0.1) is 0 Å². The van der Waals surface area contributed by atoms with E-state index in [2.05, 4.69) is 354 Å². The minimum Gasteiger partial charge on any atom is -0.311 e. The highest BCUT2D eigenvalue weighted by atomic mass is 15.2. The Morgan fingerprint density at radius 2 is 0.580 bits per heavy atom. The molecule has 2 aliphatic heterocycles. The van der Waals surface area contributed by atoms with Gasteiger partial charge in [0.05, 0.1) is 11.0 Å². The molecule has 14 aromatic carbocycles. The number of rotatable bonds is 10. The Labute approximate surface area is 513 Å². The second-order valence-corrected chi connectivity index (χ2v) is 23.2. The molecular formula is C84H56BN3. The van der Waals surface area contributed by atoms with E-state index in [1.54, 1.807) is 0 Å². The third-order valence-corrected chi connectivity index (χ3v) is 18.1. The first kappa shape index (κ1) is 51.0. The summed E-state index contributed by atoms with van der Waals surface area (Å²) in [5, 5.41) is 2.42. The summed E-state index contributed by atoms with van der Waals surface area (Å²) in [4.78, 5) is 5.21. The van der Waals surface area contributed by atoms with Crippen molar-refractivity contribution in [3.05, 3.63) is 340 Å². The van der Waals surface area contributed by atoms with Crippen molar-refractivity contribution in [1.82, 2.24) is 4.57 Å². The number of aromatic nitrogens is 1. The molecule has 3 heterocycles. The number of nitrogens with zero attached hydrogens (tertiary/aromatic N) is 3. The molecule has 0 atom stereocenters.